The Balaban J connectivity index is 1.60. The van der Waals surface area contributed by atoms with Crippen molar-refractivity contribution >= 4 is 24.5 Å². The van der Waals surface area contributed by atoms with Gasteiger partial charge in [0.15, 0.2) is 0 Å². The molecule has 6 aromatic carbocycles. The van der Waals surface area contributed by atoms with Crippen LogP contribution in [0.1, 0.15) is 91.6 Å². The quantitative estimate of drug-likeness (QED) is 0.114. The fourth-order valence-corrected chi connectivity index (χ4v) is 13.7. The lowest BCUT2D eigenvalue weighted by molar-refractivity contribution is 0.300. The van der Waals surface area contributed by atoms with Gasteiger partial charge in [0.25, 0.3) is 0 Å². The molecule has 0 saturated carbocycles. The van der Waals surface area contributed by atoms with Gasteiger partial charge in [0.05, 0.1) is 0 Å². The molecule has 0 fully saturated rings. The van der Waals surface area contributed by atoms with Crippen LogP contribution in [0, 0.1) is 13.8 Å². The fourth-order valence-electron chi connectivity index (χ4n) is 8.98. The van der Waals surface area contributed by atoms with E-state index in [0.29, 0.717) is 6.61 Å². The Morgan fingerprint density at radius 2 is 1.22 bits per heavy atom. The normalized spacial score (nSPS) is 12.9. The standard InChI is InChI=1S/C52H56OSi/c1-9-54(10-2,47-31-21-25-40-24-20-30-44(40)47)48-33-32-37(3)38(4)49(48)45-34-43(51(5,6)41-26-16-12-17-27-41)35-46(52(7,8)42-28-18-13-19-29-42)50(45)53-36-39-22-14-11-15-23-39/h11-23,25-35H,9-10,24,36H2,1-8H3. The predicted octanol–water partition coefficient (Wildman–Crippen LogP) is 12.4. The molecule has 0 atom stereocenters. The molecule has 7 rings (SSSR count). The highest BCUT2D eigenvalue weighted by atomic mass is 28.3. The van der Waals surface area contributed by atoms with Gasteiger partial charge in [0.2, 0.25) is 0 Å². The summed E-state index contributed by atoms with van der Waals surface area (Å²) in [5.74, 6) is 0.989. The summed E-state index contributed by atoms with van der Waals surface area (Å²) in [4.78, 5) is 0. The molecule has 0 spiro atoms. The minimum Gasteiger partial charge on any atom is -0.488 e. The Morgan fingerprint density at radius 3 is 1.85 bits per heavy atom. The van der Waals surface area contributed by atoms with Crippen LogP contribution >= 0.6 is 0 Å². The Bertz CT molecular complexity index is 2280. The molecule has 0 heterocycles. The second kappa shape index (κ2) is 15.1. The summed E-state index contributed by atoms with van der Waals surface area (Å²) in [6.07, 6.45) is 5.77. The molecular formula is C52H56OSi. The van der Waals surface area contributed by atoms with Gasteiger partial charge in [-0.25, -0.2) is 0 Å². The van der Waals surface area contributed by atoms with E-state index >= 15 is 0 Å². The molecule has 274 valence electrons. The highest BCUT2D eigenvalue weighted by Crippen LogP contribution is 2.48. The number of rotatable bonds is 12. The van der Waals surface area contributed by atoms with Crippen LogP contribution in [0.25, 0.3) is 17.2 Å². The average molecular weight is 725 g/mol. The number of benzene rings is 6. The van der Waals surface area contributed by atoms with Crippen molar-refractivity contribution in [3.8, 4) is 16.9 Å². The molecule has 6 aromatic rings. The van der Waals surface area contributed by atoms with Gasteiger partial charge in [0, 0.05) is 22.0 Å². The van der Waals surface area contributed by atoms with Crippen molar-refractivity contribution in [3.63, 3.8) is 0 Å². The summed E-state index contributed by atoms with van der Waals surface area (Å²) in [5.41, 5.74) is 13.8. The van der Waals surface area contributed by atoms with Crippen LogP contribution in [0.4, 0.5) is 0 Å². The maximum Gasteiger partial charge on any atom is 0.131 e. The van der Waals surface area contributed by atoms with Crippen LogP contribution in [0.5, 0.6) is 5.75 Å². The second-order valence-corrected chi connectivity index (χ2v) is 21.0. The number of hydrogen-bond donors (Lipinski definition) is 0. The van der Waals surface area contributed by atoms with Crippen LogP contribution in [0.15, 0.2) is 140 Å². The lowest BCUT2D eigenvalue weighted by Crippen LogP contribution is -2.59. The smallest absolute Gasteiger partial charge is 0.131 e. The van der Waals surface area contributed by atoms with Crippen molar-refractivity contribution in [2.24, 2.45) is 0 Å². The maximum atomic E-state index is 7.30. The Labute approximate surface area is 325 Å². The second-order valence-electron chi connectivity index (χ2n) is 16.4. The highest BCUT2D eigenvalue weighted by Gasteiger charge is 2.40. The van der Waals surface area contributed by atoms with Crippen molar-refractivity contribution < 1.29 is 4.74 Å². The van der Waals surface area contributed by atoms with Crippen molar-refractivity contribution in [1.82, 2.24) is 0 Å². The van der Waals surface area contributed by atoms with Crippen molar-refractivity contribution in [2.75, 3.05) is 0 Å². The Morgan fingerprint density at radius 1 is 0.611 bits per heavy atom. The molecule has 1 nitrogen and oxygen atoms in total. The molecule has 0 aromatic heterocycles. The van der Waals surface area contributed by atoms with Gasteiger partial charge < -0.3 is 4.74 Å². The molecule has 2 heteroatoms. The van der Waals surface area contributed by atoms with E-state index in [-0.39, 0.29) is 10.8 Å². The summed E-state index contributed by atoms with van der Waals surface area (Å²) in [5, 5.41) is 3.09. The van der Waals surface area contributed by atoms with Crippen molar-refractivity contribution in [3.05, 3.63) is 190 Å². The van der Waals surface area contributed by atoms with Crippen LogP contribution in [0.3, 0.4) is 0 Å². The van der Waals surface area contributed by atoms with Crippen LogP contribution in [-0.4, -0.2) is 8.07 Å². The first-order valence-corrected chi connectivity index (χ1v) is 22.3. The minimum atomic E-state index is -2.31. The van der Waals surface area contributed by atoms with E-state index in [1.165, 1.54) is 66.4 Å². The zero-order valence-electron chi connectivity index (χ0n) is 33.6. The van der Waals surface area contributed by atoms with Crippen molar-refractivity contribution in [1.29, 1.82) is 0 Å². The summed E-state index contributed by atoms with van der Waals surface area (Å²) in [6.45, 7) is 19.5. The number of aryl methyl sites for hydroxylation is 1. The van der Waals surface area contributed by atoms with E-state index in [0.717, 1.165) is 24.3 Å². The fraction of sp³-hybridized carbons (Fsp3) is 0.269. The highest BCUT2D eigenvalue weighted by molar-refractivity contribution is 7.03. The maximum absolute atomic E-state index is 7.30. The molecule has 0 saturated heterocycles. The first-order valence-electron chi connectivity index (χ1n) is 19.9. The third-order valence-corrected chi connectivity index (χ3v) is 18.1. The molecule has 0 bridgehead atoms. The zero-order chi connectivity index (χ0) is 38.1. The molecule has 0 N–H and O–H groups in total. The van der Waals surface area contributed by atoms with E-state index in [4.69, 9.17) is 4.74 Å². The van der Waals surface area contributed by atoms with Crippen LogP contribution in [-0.2, 0) is 23.9 Å². The molecule has 0 amide bonds. The van der Waals surface area contributed by atoms with E-state index in [2.05, 4.69) is 201 Å². The molecule has 1 aliphatic carbocycles. The SMILES string of the molecule is CC[Si](CC)(c1cccc2c1C=CC2)c1ccc(C)c(C)c1-c1cc(C(C)(C)c2ccccc2)cc(C(C)(C)c2ccccc2)c1OCc1ccccc1. The van der Waals surface area contributed by atoms with E-state index in [9.17, 15) is 0 Å². The van der Waals surface area contributed by atoms with Gasteiger partial charge >= 0.3 is 0 Å². The molecular weight excluding hydrogens is 669 g/mol. The Hall–Kier alpha value is -4.92. The zero-order valence-corrected chi connectivity index (χ0v) is 34.6. The number of ether oxygens (including phenoxy) is 1. The lowest BCUT2D eigenvalue weighted by atomic mass is 9.71. The first-order chi connectivity index (χ1) is 26.0. The largest absolute Gasteiger partial charge is 0.488 e. The summed E-state index contributed by atoms with van der Waals surface area (Å²) < 4.78 is 7.30. The molecule has 0 radical (unpaired) electrons. The third-order valence-electron chi connectivity index (χ3n) is 12.8. The number of fused-ring (bicyclic) bond motifs is 1. The topological polar surface area (TPSA) is 9.23 Å². The molecule has 0 aliphatic heterocycles. The molecule has 0 unspecified atom stereocenters. The van der Waals surface area contributed by atoms with E-state index in [1.54, 1.807) is 5.19 Å². The first kappa shape index (κ1) is 37.4. The lowest BCUT2D eigenvalue weighted by Gasteiger charge is -2.37. The summed E-state index contributed by atoms with van der Waals surface area (Å²) in [6, 6.07) is 51.9. The molecule has 54 heavy (non-hydrogen) atoms. The monoisotopic (exact) mass is 724 g/mol. The van der Waals surface area contributed by atoms with Crippen LogP contribution in [0.2, 0.25) is 12.1 Å². The van der Waals surface area contributed by atoms with Gasteiger partial charge in [-0.2, -0.15) is 0 Å². The number of allylic oxidation sites excluding steroid dienone is 1. The summed E-state index contributed by atoms with van der Waals surface area (Å²) in [7, 11) is -2.31. The van der Waals surface area contributed by atoms with Gasteiger partial charge in [0.1, 0.15) is 20.4 Å². The van der Waals surface area contributed by atoms with Crippen molar-refractivity contribution in [2.45, 2.75) is 91.3 Å². The van der Waals surface area contributed by atoms with Gasteiger partial charge in [-0.15, -0.1) is 0 Å². The van der Waals surface area contributed by atoms with E-state index < -0.39 is 8.07 Å². The predicted molar refractivity (Wildman–Crippen MR) is 234 cm³/mol. The van der Waals surface area contributed by atoms with Gasteiger partial charge in [-0.1, -0.05) is 193 Å². The number of hydrogen-bond acceptors (Lipinski definition) is 1. The van der Waals surface area contributed by atoms with Gasteiger partial charge in [-0.05, 0) is 86.8 Å². The molecule has 1 aliphatic rings. The third kappa shape index (κ3) is 6.60. The minimum absolute atomic E-state index is 0.261. The Kier molecular flexibility index (Phi) is 10.4. The average Bonchev–Trinajstić information content (AvgIpc) is 3.70. The van der Waals surface area contributed by atoms with Gasteiger partial charge in [-0.3, -0.25) is 0 Å². The summed E-state index contributed by atoms with van der Waals surface area (Å²) >= 11 is 0. The van der Waals surface area contributed by atoms with E-state index in [1.807, 2.05) is 0 Å². The van der Waals surface area contributed by atoms with Crippen LogP contribution < -0.4 is 15.1 Å².